The van der Waals surface area contributed by atoms with E-state index in [4.69, 9.17) is 4.98 Å². The van der Waals surface area contributed by atoms with Crippen molar-refractivity contribution in [1.29, 1.82) is 0 Å². The second-order valence-electron chi connectivity index (χ2n) is 5.95. The average Bonchev–Trinajstić information content (AvgIpc) is 2.95. The van der Waals surface area contributed by atoms with Crippen molar-refractivity contribution in [1.82, 2.24) is 10.3 Å². The fourth-order valence-electron chi connectivity index (χ4n) is 3.44. The van der Waals surface area contributed by atoms with Crippen molar-refractivity contribution in [3.63, 3.8) is 0 Å². The highest BCUT2D eigenvalue weighted by Gasteiger charge is 2.56. The van der Waals surface area contributed by atoms with Gasteiger partial charge >= 0.3 is 0 Å². The fourth-order valence-corrected chi connectivity index (χ4v) is 4.72. The maximum Gasteiger partial charge on any atom is 0.113 e. The standard InChI is InChI=1S/C14H22N2S/c1-9(2)12-8-17-13(16-12)14(15-3)6-4-5-10-7-11(10)14/h8-11,15H,4-7H2,1-3H3. The van der Waals surface area contributed by atoms with Crippen LogP contribution in [-0.4, -0.2) is 12.0 Å². The lowest BCUT2D eigenvalue weighted by atomic mass is 9.82. The van der Waals surface area contributed by atoms with Crippen LogP contribution in [0.3, 0.4) is 0 Å². The molecular weight excluding hydrogens is 228 g/mol. The first-order valence-electron chi connectivity index (χ1n) is 6.82. The molecule has 0 spiro atoms. The van der Waals surface area contributed by atoms with Crippen LogP contribution >= 0.6 is 11.3 Å². The van der Waals surface area contributed by atoms with Gasteiger partial charge in [-0.25, -0.2) is 4.98 Å². The first-order valence-corrected chi connectivity index (χ1v) is 7.70. The Bertz CT molecular complexity index is 412. The van der Waals surface area contributed by atoms with Gasteiger partial charge in [0, 0.05) is 5.38 Å². The number of nitrogens with zero attached hydrogens (tertiary/aromatic N) is 1. The van der Waals surface area contributed by atoms with E-state index in [1.165, 1.54) is 36.4 Å². The monoisotopic (exact) mass is 250 g/mol. The average molecular weight is 250 g/mol. The van der Waals surface area contributed by atoms with Gasteiger partial charge < -0.3 is 5.32 Å². The minimum Gasteiger partial charge on any atom is -0.308 e. The zero-order valence-corrected chi connectivity index (χ0v) is 11.8. The highest BCUT2D eigenvalue weighted by atomic mass is 32.1. The molecule has 2 saturated carbocycles. The maximum absolute atomic E-state index is 4.91. The number of nitrogens with one attached hydrogen (secondary N) is 1. The number of aromatic nitrogens is 1. The summed E-state index contributed by atoms with van der Waals surface area (Å²) >= 11 is 1.86. The Kier molecular flexibility index (Phi) is 2.79. The Balaban J connectivity index is 1.93. The molecule has 0 aliphatic heterocycles. The van der Waals surface area contributed by atoms with Crippen LogP contribution in [0.15, 0.2) is 5.38 Å². The Labute approximate surface area is 108 Å². The van der Waals surface area contributed by atoms with Gasteiger partial charge in [-0.15, -0.1) is 11.3 Å². The molecule has 0 bridgehead atoms. The first kappa shape index (κ1) is 11.7. The van der Waals surface area contributed by atoms with Gasteiger partial charge in [0.1, 0.15) is 5.01 Å². The Morgan fingerprint density at radius 3 is 3.00 bits per heavy atom. The molecule has 3 heteroatoms. The van der Waals surface area contributed by atoms with E-state index in [0.717, 1.165) is 11.8 Å². The minimum absolute atomic E-state index is 0.209. The molecule has 2 aliphatic carbocycles. The van der Waals surface area contributed by atoms with Crippen LogP contribution in [0.4, 0.5) is 0 Å². The van der Waals surface area contributed by atoms with E-state index in [2.05, 4.69) is 31.6 Å². The molecular formula is C14H22N2S. The van der Waals surface area contributed by atoms with Crippen molar-refractivity contribution in [2.45, 2.75) is 51.0 Å². The van der Waals surface area contributed by atoms with Crippen molar-refractivity contribution in [3.05, 3.63) is 16.1 Å². The maximum atomic E-state index is 4.91. The van der Waals surface area contributed by atoms with Gasteiger partial charge in [-0.1, -0.05) is 26.7 Å². The predicted octanol–water partition coefficient (Wildman–Crippen LogP) is 3.50. The minimum atomic E-state index is 0.209. The molecule has 0 saturated heterocycles. The molecule has 3 atom stereocenters. The SMILES string of the molecule is CNC1(c2nc(C(C)C)cs2)CCCC2CC21. The van der Waals surface area contributed by atoms with Gasteiger partial charge in [0.2, 0.25) is 0 Å². The summed E-state index contributed by atoms with van der Waals surface area (Å²) in [6.07, 6.45) is 5.49. The topological polar surface area (TPSA) is 24.9 Å². The molecule has 0 radical (unpaired) electrons. The quantitative estimate of drug-likeness (QED) is 0.888. The van der Waals surface area contributed by atoms with E-state index in [-0.39, 0.29) is 5.54 Å². The lowest BCUT2D eigenvalue weighted by molar-refractivity contribution is 0.227. The van der Waals surface area contributed by atoms with E-state index in [1.54, 1.807) is 0 Å². The van der Waals surface area contributed by atoms with Crippen molar-refractivity contribution >= 4 is 11.3 Å². The zero-order chi connectivity index (χ0) is 12.0. The summed E-state index contributed by atoms with van der Waals surface area (Å²) < 4.78 is 0. The summed E-state index contributed by atoms with van der Waals surface area (Å²) in [6.45, 7) is 4.46. The van der Waals surface area contributed by atoms with Crippen LogP contribution < -0.4 is 5.32 Å². The lowest BCUT2D eigenvalue weighted by Gasteiger charge is -2.35. The van der Waals surface area contributed by atoms with Crippen LogP contribution in [0.2, 0.25) is 0 Å². The van der Waals surface area contributed by atoms with E-state index < -0.39 is 0 Å². The molecule has 17 heavy (non-hydrogen) atoms. The fraction of sp³-hybridized carbons (Fsp3) is 0.786. The van der Waals surface area contributed by atoms with E-state index >= 15 is 0 Å². The molecule has 3 rings (SSSR count). The Hall–Kier alpha value is -0.410. The third-order valence-corrected chi connectivity index (χ3v) is 5.68. The first-order chi connectivity index (χ1) is 8.17. The third-order valence-electron chi connectivity index (χ3n) is 4.64. The van der Waals surface area contributed by atoms with Crippen LogP contribution in [0, 0.1) is 11.8 Å². The Morgan fingerprint density at radius 2 is 2.35 bits per heavy atom. The molecule has 0 amide bonds. The van der Waals surface area contributed by atoms with Crippen LogP contribution in [0.5, 0.6) is 0 Å². The second kappa shape index (κ2) is 4.06. The van der Waals surface area contributed by atoms with Crippen molar-refractivity contribution in [2.75, 3.05) is 7.05 Å². The number of hydrogen-bond acceptors (Lipinski definition) is 3. The van der Waals surface area contributed by atoms with Gasteiger partial charge in [0.05, 0.1) is 11.2 Å². The van der Waals surface area contributed by atoms with Crippen LogP contribution in [-0.2, 0) is 5.54 Å². The molecule has 0 aromatic carbocycles. The molecule has 1 heterocycles. The number of rotatable bonds is 3. The smallest absolute Gasteiger partial charge is 0.113 e. The molecule has 1 aromatic heterocycles. The molecule has 2 nitrogen and oxygen atoms in total. The molecule has 1 N–H and O–H groups in total. The van der Waals surface area contributed by atoms with Gasteiger partial charge in [0.25, 0.3) is 0 Å². The zero-order valence-electron chi connectivity index (χ0n) is 11.0. The van der Waals surface area contributed by atoms with Gasteiger partial charge in [0.15, 0.2) is 0 Å². The number of thiazole rings is 1. The largest absolute Gasteiger partial charge is 0.308 e. The van der Waals surface area contributed by atoms with Crippen LogP contribution in [0.1, 0.15) is 56.2 Å². The highest BCUT2D eigenvalue weighted by molar-refractivity contribution is 7.09. The summed E-state index contributed by atoms with van der Waals surface area (Å²) in [5, 5.41) is 7.22. The summed E-state index contributed by atoms with van der Waals surface area (Å²) in [6, 6.07) is 0. The van der Waals surface area contributed by atoms with Crippen molar-refractivity contribution in [3.8, 4) is 0 Å². The number of hydrogen-bond donors (Lipinski definition) is 1. The predicted molar refractivity (Wildman–Crippen MR) is 72.4 cm³/mol. The lowest BCUT2D eigenvalue weighted by Crippen LogP contribution is -2.44. The van der Waals surface area contributed by atoms with Gasteiger partial charge in [-0.3, -0.25) is 0 Å². The van der Waals surface area contributed by atoms with E-state index in [1.807, 2.05) is 11.3 Å². The summed E-state index contributed by atoms with van der Waals surface area (Å²) in [5.74, 6) is 2.38. The Morgan fingerprint density at radius 1 is 1.53 bits per heavy atom. The van der Waals surface area contributed by atoms with E-state index in [9.17, 15) is 0 Å². The second-order valence-corrected chi connectivity index (χ2v) is 6.81. The number of fused-ring (bicyclic) bond motifs is 1. The van der Waals surface area contributed by atoms with Crippen molar-refractivity contribution in [2.24, 2.45) is 11.8 Å². The summed E-state index contributed by atoms with van der Waals surface area (Å²) in [5.41, 5.74) is 1.48. The molecule has 2 fully saturated rings. The highest BCUT2D eigenvalue weighted by Crippen LogP contribution is 2.59. The third kappa shape index (κ3) is 1.75. The normalized spacial score (nSPS) is 36.0. The molecule has 2 aliphatic rings. The molecule has 94 valence electrons. The van der Waals surface area contributed by atoms with E-state index in [0.29, 0.717) is 5.92 Å². The summed E-state index contributed by atoms with van der Waals surface area (Å²) in [7, 11) is 2.12. The molecule has 1 aromatic rings. The summed E-state index contributed by atoms with van der Waals surface area (Å²) in [4.78, 5) is 4.91. The van der Waals surface area contributed by atoms with Crippen LogP contribution in [0.25, 0.3) is 0 Å². The van der Waals surface area contributed by atoms with Crippen molar-refractivity contribution < 1.29 is 0 Å². The molecule has 3 unspecified atom stereocenters. The van der Waals surface area contributed by atoms with Gasteiger partial charge in [-0.2, -0.15) is 0 Å². The van der Waals surface area contributed by atoms with Gasteiger partial charge in [-0.05, 0) is 37.6 Å².